The van der Waals surface area contributed by atoms with Crippen LogP contribution in [0, 0.1) is 0 Å². The van der Waals surface area contributed by atoms with E-state index in [1.165, 1.54) is 24.9 Å². The highest BCUT2D eigenvalue weighted by Gasteiger charge is 2.20. The summed E-state index contributed by atoms with van der Waals surface area (Å²) in [5.41, 5.74) is -0.607. The summed E-state index contributed by atoms with van der Waals surface area (Å²) in [6.07, 6.45) is 7.58. The van der Waals surface area contributed by atoms with E-state index in [0.29, 0.717) is 6.42 Å². The Bertz CT molecular complexity index is 641. The van der Waals surface area contributed by atoms with Crippen LogP contribution in [0.1, 0.15) is 45.4 Å². The fourth-order valence-electron chi connectivity index (χ4n) is 2.25. The van der Waals surface area contributed by atoms with Gasteiger partial charge >= 0.3 is 5.69 Å². The van der Waals surface area contributed by atoms with Crippen LogP contribution < -0.4 is 11.0 Å². The van der Waals surface area contributed by atoms with Crippen molar-refractivity contribution in [1.29, 1.82) is 0 Å². The van der Waals surface area contributed by atoms with Crippen molar-refractivity contribution in [2.24, 2.45) is 0 Å². The lowest BCUT2D eigenvalue weighted by Crippen LogP contribution is -2.25. The first-order valence-electron chi connectivity index (χ1n) is 8.17. The van der Waals surface area contributed by atoms with Gasteiger partial charge in [0.1, 0.15) is 18.7 Å². The highest BCUT2D eigenvalue weighted by Crippen LogP contribution is 2.17. The van der Waals surface area contributed by atoms with Gasteiger partial charge in [0.15, 0.2) is 0 Å². The maximum absolute atomic E-state index is 12.0. The van der Waals surface area contributed by atoms with E-state index in [9.17, 15) is 9.59 Å². The smallest absolute Gasteiger partial charge is 0.356 e. The first-order chi connectivity index (χ1) is 11.6. The fourth-order valence-corrected chi connectivity index (χ4v) is 2.25. The molecule has 0 radical (unpaired) electrons. The van der Waals surface area contributed by atoms with Gasteiger partial charge in [-0.2, -0.15) is 4.98 Å². The average molecular weight is 337 g/mol. The van der Waals surface area contributed by atoms with Gasteiger partial charge in [-0.25, -0.2) is 9.36 Å². The zero-order chi connectivity index (χ0) is 17.4. The molecule has 1 aromatic heterocycles. The molecular formula is C16H23N3O5. The van der Waals surface area contributed by atoms with Crippen molar-refractivity contribution in [1.82, 2.24) is 9.55 Å². The number of unbranched alkanes of at least 4 members (excludes halogenated alkanes) is 4. The number of amides is 1. The van der Waals surface area contributed by atoms with Gasteiger partial charge in [0.05, 0.1) is 0 Å². The molecule has 1 amide bonds. The minimum absolute atomic E-state index is 0.139. The van der Waals surface area contributed by atoms with Gasteiger partial charge in [-0.15, -0.1) is 0 Å². The molecule has 2 heterocycles. The topological polar surface area (TPSA) is 103 Å². The van der Waals surface area contributed by atoms with E-state index in [1.54, 1.807) is 0 Å². The lowest BCUT2D eigenvalue weighted by Gasteiger charge is -2.10. The third kappa shape index (κ3) is 5.09. The molecule has 0 fully saturated rings. The first-order valence-corrected chi connectivity index (χ1v) is 8.17. The van der Waals surface area contributed by atoms with Crippen molar-refractivity contribution in [2.45, 2.75) is 51.7 Å². The number of aromatic nitrogens is 2. The van der Waals surface area contributed by atoms with Gasteiger partial charge in [-0.1, -0.05) is 32.6 Å². The maximum atomic E-state index is 12.0. The molecule has 1 aliphatic heterocycles. The molecule has 2 rings (SSSR count). The van der Waals surface area contributed by atoms with Crippen molar-refractivity contribution in [3.05, 3.63) is 29.0 Å². The summed E-state index contributed by atoms with van der Waals surface area (Å²) in [6.45, 7) is 1.82. The maximum Gasteiger partial charge on any atom is 0.356 e. The lowest BCUT2D eigenvalue weighted by atomic mass is 10.1. The average Bonchev–Trinajstić information content (AvgIpc) is 3.03. The Labute approximate surface area is 140 Å². The second-order valence-corrected chi connectivity index (χ2v) is 5.50. The van der Waals surface area contributed by atoms with Crippen LogP contribution in [0.15, 0.2) is 23.3 Å². The predicted octanol–water partition coefficient (Wildman–Crippen LogP) is 1.66. The summed E-state index contributed by atoms with van der Waals surface area (Å²) in [5.74, 6) is 0.185. The van der Waals surface area contributed by atoms with Crippen LogP contribution in [0.3, 0.4) is 0 Å². The number of hydrogen-bond donors (Lipinski definition) is 2. The van der Waals surface area contributed by atoms with Gasteiger partial charge in [-0.3, -0.25) is 4.79 Å². The molecule has 1 unspecified atom stereocenters. The molecule has 1 aliphatic rings. The number of rotatable bonds is 9. The predicted molar refractivity (Wildman–Crippen MR) is 87.8 cm³/mol. The Balaban J connectivity index is 1.86. The number of aliphatic hydroxyl groups excluding tert-OH is 1. The van der Waals surface area contributed by atoms with Crippen molar-refractivity contribution in [3.63, 3.8) is 0 Å². The minimum Gasteiger partial charge on any atom is -0.454 e. The Morgan fingerprint density at radius 3 is 2.83 bits per heavy atom. The summed E-state index contributed by atoms with van der Waals surface area (Å²) >= 11 is 0. The molecule has 8 heteroatoms. The summed E-state index contributed by atoms with van der Waals surface area (Å²) in [7, 11) is 0. The number of nitrogens with one attached hydrogen (secondary N) is 1. The zero-order valence-corrected chi connectivity index (χ0v) is 13.7. The summed E-state index contributed by atoms with van der Waals surface area (Å²) < 4.78 is 11.3. The van der Waals surface area contributed by atoms with E-state index < -0.39 is 12.0 Å². The molecule has 1 atom stereocenters. The van der Waals surface area contributed by atoms with Gasteiger partial charge in [0.25, 0.3) is 6.29 Å². The summed E-state index contributed by atoms with van der Waals surface area (Å²) in [6, 6.07) is 1.51. The van der Waals surface area contributed by atoms with Gasteiger partial charge < -0.3 is 19.9 Å². The first kappa shape index (κ1) is 18.0. The largest absolute Gasteiger partial charge is 0.454 e. The number of aliphatic hydroxyl groups is 1. The van der Waals surface area contributed by atoms with Gasteiger partial charge in [0, 0.05) is 12.6 Å². The number of carbonyl (C=O) groups is 1. The fraction of sp³-hybridized carbons (Fsp3) is 0.562. The second-order valence-electron chi connectivity index (χ2n) is 5.50. The van der Waals surface area contributed by atoms with Crippen LogP contribution in [0.4, 0.5) is 5.82 Å². The molecule has 0 saturated carbocycles. The molecule has 24 heavy (non-hydrogen) atoms. The molecule has 0 aliphatic carbocycles. The summed E-state index contributed by atoms with van der Waals surface area (Å²) in [4.78, 5) is 27.6. The molecule has 0 aromatic carbocycles. The Morgan fingerprint density at radius 2 is 2.17 bits per heavy atom. The quantitative estimate of drug-likeness (QED) is 0.664. The number of anilines is 1. The van der Waals surface area contributed by atoms with Gasteiger partial charge in [0.2, 0.25) is 11.8 Å². The van der Waals surface area contributed by atoms with Crippen molar-refractivity contribution in [3.8, 4) is 0 Å². The van der Waals surface area contributed by atoms with E-state index in [-0.39, 0.29) is 24.2 Å². The second kappa shape index (κ2) is 9.07. The summed E-state index contributed by atoms with van der Waals surface area (Å²) in [5, 5.41) is 11.5. The van der Waals surface area contributed by atoms with Crippen LogP contribution in [-0.2, 0) is 14.3 Å². The van der Waals surface area contributed by atoms with E-state index in [4.69, 9.17) is 14.6 Å². The number of ether oxygens (including phenoxy) is 2. The Hall–Kier alpha value is -2.35. The number of hydrogen-bond acceptors (Lipinski definition) is 6. The standard InChI is InChI=1S/C16H23N3O5/c1-2-3-4-5-6-7-13(21)17-12-8-9-19(16(22)18-12)14-11-23-15(10-20)24-14/h8-9,11,15,20H,2-7,10H2,1H3,(H,17,18,21,22). The molecular weight excluding hydrogens is 314 g/mol. The molecule has 132 valence electrons. The van der Waals surface area contributed by atoms with Crippen LogP contribution >= 0.6 is 0 Å². The monoisotopic (exact) mass is 337 g/mol. The lowest BCUT2D eigenvalue weighted by molar-refractivity contribution is -0.116. The van der Waals surface area contributed by atoms with Crippen LogP contribution in [0.5, 0.6) is 0 Å². The third-order valence-electron chi connectivity index (χ3n) is 3.54. The van der Waals surface area contributed by atoms with Crippen LogP contribution in [0.25, 0.3) is 5.88 Å². The minimum atomic E-state index is -0.820. The van der Waals surface area contributed by atoms with Crippen LogP contribution in [-0.4, -0.2) is 33.5 Å². The normalized spacial score (nSPS) is 16.2. The SMILES string of the molecule is CCCCCCCC(=O)Nc1ccn(C2=COC(CO)O2)c(=O)n1. The molecule has 0 bridgehead atoms. The number of nitrogens with zero attached hydrogens (tertiary/aromatic N) is 2. The van der Waals surface area contributed by atoms with Crippen molar-refractivity contribution >= 4 is 17.6 Å². The Morgan fingerprint density at radius 1 is 1.38 bits per heavy atom. The molecule has 0 spiro atoms. The van der Waals surface area contributed by atoms with E-state index in [0.717, 1.165) is 30.3 Å². The van der Waals surface area contributed by atoms with Crippen molar-refractivity contribution < 1.29 is 19.4 Å². The molecule has 1 aromatic rings. The molecule has 0 saturated heterocycles. The van der Waals surface area contributed by atoms with Crippen molar-refractivity contribution in [2.75, 3.05) is 11.9 Å². The highest BCUT2D eigenvalue weighted by molar-refractivity contribution is 5.89. The van der Waals surface area contributed by atoms with E-state index >= 15 is 0 Å². The van der Waals surface area contributed by atoms with E-state index in [2.05, 4.69) is 17.2 Å². The van der Waals surface area contributed by atoms with E-state index in [1.807, 2.05) is 0 Å². The highest BCUT2D eigenvalue weighted by atomic mass is 16.7. The third-order valence-corrected chi connectivity index (χ3v) is 3.54. The van der Waals surface area contributed by atoms with Crippen LogP contribution in [0.2, 0.25) is 0 Å². The van der Waals surface area contributed by atoms with Gasteiger partial charge in [-0.05, 0) is 12.5 Å². The zero-order valence-electron chi connectivity index (χ0n) is 13.7. The molecule has 2 N–H and O–H groups in total. The number of carbonyl (C=O) groups excluding carboxylic acids is 1. The Kier molecular flexibility index (Phi) is 6.80. The molecule has 8 nitrogen and oxygen atoms in total.